The van der Waals surface area contributed by atoms with Gasteiger partial charge >= 0.3 is 0 Å². The number of anilines is 1. The number of amides is 1. The molecule has 1 aliphatic rings. The number of benzene rings is 1. The van der Waals surface area contributed by atoms with Crippen molar-refractivity contribution in [3.63, 3.8) is 0 Å². The van der Waals surface area contributed by atoms with Gasteiger partial charge in [-0.3, -0.25) is 4.79 Å². The summed E-state index contributed by atoms with van der Waals surface area (Å²) >= 11 is 6.00. The molecule has 0 bridgehead atoms. The van der Waals surface area contributed by atoms with Gasteiger partial charge in [0.1, 0.15) is 0 Å². The smallest absolute Gasteiger partial charge is 0.254 e. The summed E-state index contributed by atoms with van der Waals surface area (Å²) in [7, 11) is 0. The summed E-state index contributed by atoms with van der Waals surface area (Å²) in [6.45, 7) is 0.634. The van der Waals surface area contributed by atoms with Crippen LogP contribution in [0.4, 0.5) is 5.69 Å². The summed E-state index contributed by atoms with van der Waals surface area (Å²) in [5.41, 5.74) is 8.02. The zero-order valence-corrected chi connectivity index (χ0v) is 11.7. The number of nitrogen functional groups attached to an aromatic ring is 1. The zero-order chi connectivity index (χ0) is 13.7. The molecule has 0 radical (unpaired) electrons. The summed E-state index contributed by atoms with van der Waals surface area (Å²) in [5, 5.41) is 3.28. The molecule has 19 heavy (non-hydrogen) atoms. The van der Waals surface area contributed by atoms with E-state index in [1.54, 1.807) is 18.2 Å². The molecule has 102 valence electrons. The molecule has 0 unspecified atom stereocenters. The predicted molar refractivity (Wildman–Crippen MR) is 79.4 cm³/mol. The van der Waals surface area contributed by atoms with Crippen LogP contribution in [0.15, 0.2) is 29.8 Å². The van der Waals surface area contributed by atoms with E-state index in [0.717, 1.165) is 12.8 Å². The SMILES string of the molecule is Nc1cccc(Cl)c1C(=O)NCCC1=CCCCC1. The molecule has 0 heterocycles. The Morgan fingerprint density at radius 3 is 2.89 bits per heavy atom. The summed E-state index contributed by atoms with van der Waals surface area (Å²) in [6.07, 6.45) is 8.07. The van der Waals surface area contributed by atoms with Gasteiger partial charge in [-0.15, -0.1) is 0 Å². The second-order valence-electron chi connectivity index (χ2n) is 4.82. The standard InChI is InChI=1S/C15H19ClN2O/c16-12-7-4-8-13(17)14(12)15(19)18-10-9-11-5-2-1-3-6-11/h4-5,7-8H,1-3,6,9-10,17H2,(H,18,19). The highest BCUT2D eigenvalue weighted by molar-refractivity contribution is 6.34. The van der Waals surface area contributed by atoms with E-state index in [1.165, 1.54) is 24.8 Å². The van der Waals surface area contributed by atoms with Gasteiger partial charge in [-0.1, -0.05) is 29.3 Å². The molecule has 0 fully saturated rings. The van der Waals surface area contributed by atoms with Crippen molar-refractivity contribution in [1.82, 2.24) is 5.32 Å². The maximum Gasteiger partial charge on any atom is 0.254 e. The summed E-state index contributed by atoms with van der Waals surface area (Å²) in [5.74, 6) is -0.195. The van der Waals surface area contributed by atoms with Gasteiger partial charge in [-0.05, 0) is 44.2 Å². The Bertz CT molecular complexity index is 477. The van der Waals surface area contributed by atoms with Gasteiger partial charge in [0, 0.05) is 12.2 Å². The minimum atomic E-state index is -0.195. The summed E-state index contributed by atoms with van der Waals surface area (Å²) < 4.78 is 0. The molecule has 0 aliphatic heterocycles. The number of carbonyl (C=O) groups is 1. The van der Waals surface area contributed by atoms with Crippen molar-refractivity contribution in [2.45, 2.75) is 32.1 Å². The van der Waals surface area contributed by atoms with E-state index in [1.807, 2.05) is 0 Å². The van der Waals surface area contributed by atoms with Gasteiger partial charge in [0.05, 0.1) is 10.6 Å². The Balaban J connectivity index is 1.89. The van der Waals surface area contributed by atoms with Crippen LogP contribution < -0.4 is 11.1 Å². The molecule has 0 saturated carbocycles. The third-order valence-electron chi connectivity index (χ3n) is 3.39. The topological polar surface area (TPSA) is 55.1 Å². The molecule has 4 heteroatoms. The molecule has 1 aromatic carbocycles. The fourth-order valence-corrected chi connectivity index (χ4v) is 2.60. The highest BCUT2D eigenvalue weighted by Crippen LogP contribution is 2.22. The van der Waals surface area contributed by atoms with E-state index in [2.05, 4.69) is 11.4 Å². The van der Waals surface area contributed by atoms with Crippen LogP contribution in [0.2, 0.25) is 5.02 Å². The first-order chi connectivity index (χ1) is 9.18. The minimum absolute atomic E-state index is 0.195. The van der Waals surface area contributed by atoms with Crippen LogP contribution >= 0.6 is 11.6 Å². The third kappa shape index (κ3) is 3.74. The number of nitrogens with two attached hydrogens (primary N) is 1. The molecule has 1 aromatic rings. The second-order valence-corrected chi connectivity index (χ2v) is 5.23. The maximum atomic E-state index is 12.0. The number of hydrogen-bond acceptors (Lipinski definition) is 2. The van der Waals surface area contributed by atoms with Crippen molar-refractivity contribution < 1.29 is 4.79 Å². The maximum absolute atomic E-state index is 12.0. The molecule has 0 saturated heterocycles. The molecule has 0 atom stereocenters. The van der Waals surface area contributed by atoms with E-state index in [4.69, 9.17) is 17.3 Å². The average Bonchev–Trinajstić information content (AvgIpc) is 2.40. The number of rotatable bonds is 4. The lowest BCUT2D eigenvalue weighted by atomic mass is 9.97. The molecule has 3 N–H and O–H groups in total. The van der Waals surface area contributed by atoms with Crippen LogP contribution in [-0.2, 0) is 0 Å². The van der Waals surface area contributed by atoms with Crippen molar-refractivity contribution in [3.8, 4) is 0 Å². The van der Waals surface area contributed by atoms with E-state index in [-0.39, 0.29) is 5.91 Å². The zero-order valence-electron chi connectivity index (χ0n) is 10.9. The summed E-state index contributed by atoms with van der Waals surface area (Å²) in [4.78, 5) is 12.0. The number of carbonyl (C=O) groups excluding carboxylic acids is 1. The molecule has 0 spiro atoms. The first-order valence-corrected chi connectivity index (χ1v) is 7.06. The lowest BCUT2D eigenvalue weighted by molar-refractivity contribution is 0.0955. The molecule has 0 aromatic heterocycles. The van der Waals surface area contributed by atoms with Crippen molar-refractivity contribution in [1.29, 1.82) is 0 Å². The first-order valence-electron chi connectivity index (χ1n) is 6.68. The minimum Gasteiger partial charge on any atom is -0.398 e. The van der Waals surface area contributed by atoms with Gasteiger partial charge in [-0.2, -0.15) is 0 Å². The number of nitrogens with one attached hydrogen (secondary N) is 1. The second kappa shape index (κ2) is 6.62. The van der Waals surface area contributed by atoms with Crippen molar-refractivity contribution in [2.75, 3.05) is 12.3 Å². The van der Waals surface area contributed by atoms with Crippen LogP contribution in [0.1, 0.15) is 42.5 Å². The Morgan fingerprint density at radius 2 is 2.21 bits per heavy atom. The first kappa shape index (κ1) is 13.9. The lowest BCUT2D eigenvalue weighted by Gasteiger charge is -2.13. The highest BCUT2D eigenvalue weighted by atomic mass is 35.5. The Labute approximate surface area is 118 Å². The molecule has 3 nitrogen and oxygen atoms in total. The van der Waals surface area contributed by atoms with Crippen LogP contribution in [0.5, 0.6) is 0 Å². The van der Waals surface area contributed by atoms with E-state index in [0.29, 0.717) is 22.8 Å². The molecular weight excluding hydrogens is 260 g/mol. The Hall–Kier alpha value is -1.48. The fourth-order valence-electron chi connectivity index (χ4n) is 2.34. The third-order valence-corrected chi connectivity index (χ3v) is 3.70. The predicted octanol–water partition coefficient (Wildman–Crippen LogP) is 3.54. The number of hydrogen-bond donors (Lipinski definition) is 2. The lowest BCUT2D eigenvalue weighted by Crippen LogP contribution is -2.26. The fraction of sp³-hybridized carbons (Fsp3) is 0.400. The van der Waals surface area contributed by atoms with Gasteiger partial charge in [0.15, 0.2) is 0 Å². The Morgan fingerprint density at radius 1 is 1.37 bits per heavy atom. The largest absolute Gasteiger partial charge is 0.398 e. The van der Waals surface area contributed by atoms with E-state index in [9.17, 15) is 4.79 Å². The van der Waals surface area contributed by atoms with Gasteiger partial charge in [-0.25, -0.2) is 0 Å². The van der Waals surface area contributed by atoms with Crippen molar-refractivity contribution in [3.05, 3.63) is 40.4 Å². The van der Waals surface area contributed by atoms with Gasteiger partial charge in [0.25, 0.3) is 5.91 Å². The van der Waals surface area contributed by atoms with Crippen LogP contribution in [0.25, 0.3) is 0 Å². The monoisotopic (exact) mass is 278 g/mol. The van der Waals surface area contributed by atoms with Crippen LogP contribution in [-0.4, -0.2) is 12.5 Å². The van der Waals surface area contributed by atoms with Crippen LogP contribution in [0.3, 0.4) is 0 Å². The molecule has 1 aliphatic carbocycles. The van der Waals surface area contributed by atoms with Gasteiger partial charge in [0.2, 0.25) is 0 Å². The highest BCUT2D eigenvalue weighted by Gasteiger charge is 2.13. The normalized spacial score (nSPS) is 14.9. The van der Waals surface area contributed by atoms with Gasteiger partial charge < -0.3 is 11.1 Å². The molecule has 2 rings (SSSR count). The number of allylic oxidation sites excluding steroid dienone is 1. The molecular formula is C15H19ClN2O. The summed E-state index contributed by atoms with van der Waals surface area (Å²) in [6, 6.07) is 5.10. The number of halogens is 1. The quantitative estimate of drug-likeness (QED) is 0.654. The van der Waals surface area contributed by atoms with E-state index >= 15 is 0 Å². The average molecular weight is 279 g/mol. The van der Waals surface area contributed by atoms with E-state index < -0.39 is 0 Å². The Kier molecular flexibility index (Phi) is 4.86. The molecule has 1 amide bonds. The van der Waals surface area contributed by atoms with Crippen LogP contribution in [0, 0.1) is 0 Å². The van der Waals surface area contributed by atoms with Crippen molar-refractivity contribution >= 4 is 23.2 Å². The van der Waals surface area contributed by atoms with Crippen molar-refractivity contribution in [2.24, 2.45) is 0 Å².